The number of likely N-dealkylation sites (N-methyl/N-ethyl adjacent to an activating group) is 1. The fourth-order valence-electron chi connectivity index (χ4n) is 2.26. The Balaban J connectivity index is 1.95. The molecule has 1 aromatic rings. The predicted octanol–water partition coefficient (Wildman–Crippen LogP) is 2.13. The van der Waals surface area contributed by atoms with Crippen molar-refractivity contribution in [1.29, 1.82) is 0 Å². The van der Waals surface area contributed by atoms with Crippen molar-refractivity contribution in [1.82, 2.24) is 10.2 Å². The molecule has 0 spiro atoms. The highest BCUT2D eigenvalue weighted by atomic mass is 35.5. The number of amides is 1. The molecule has 2 atom stereocenters. The molecule has 6 heteroatoms. The van der Waals surface area contributed by atoms with Crippen LogP contribution in [-0.4, -0.2) is 43.2 Å². The number of nitrogens with zero attached hydrogens (tertiary/aromatic N) is 1. The third kappa shape index (κ3) is 3.69. The SMILES string of the molecule is CCN(Cc1ccc(Cl)s1)C(=O)C1CC(OC)CN1. The zero-order valence-corrected chi connectivity index (χ0v) is 12.8. The van der Waals surface area contributed by atoms with E-state index in [-0.39, 0.29) is 18.1 Å². The van der Waals surface area contributed by atoms with E-state index in [4.69, 9.17) is 16.3 Å². The van der Waals surface area contributed by atoms with Crippen LogP contribution in [0.3, 0.4) is 0 Å². The van der Waals surface area contributed by atoms with Crippen molar-refractivity contribution in [2.75, 3.05) is 20.2 Å². The van der Waals surface area contributed by atoms with E-state index in [1.54, 1.807) is 7.11 Å². The van der Waals surface area contributed by atoms with Gasteiger partial charge in [0.05, 0.1) is 23.0 Å². The maximum atomic E-state index is 12.4. The quantitative estimate of drug-likeness (QED) is 0.906. The van der Waals surface area contributed by atoms with Crippen LogP contribution < -0.4 is 5.32 Å². The summed E-state index contributed by atoms with van der Waals surface area (Å²) < 4.78 is 6.04. The van der Waals surface area contributed by atoms with Crippen LogP contribution in [0.2, 0.25) is 4.34 Å². The number of carbonyl (C=O) groups is 1. The van der Waals surface area contributed by atoms with Gasteiger partial charge in [0.2, 0.25) is 5.91 Å². The second kappa shape index (κ2) is 6.70. The fourth-order valence-corrected chi connectivity index (χ4v) is 3.37. The second-order valence-electron chi connectivity index (χ2n) is 4.61. The highest BCUT2D eigenvalue weighted by molar-refractivity contribution is 7.16. The maximum Gasteiger partial charge on any atom is 0.240 e. The van der Waals surface area contributed by atoms with Crippen molar-refractivity contribution in [3.05, 3.63) is 21.3 Å². The zero-order chi connectivity index (χ0) is 13.8. The Bertz CT molecular complexity index is 438. The smallest absolute Gasteiger partial charge is 0.240 e. The lowest BCUT2D eigenvalue weighted by atomic mass is 10.1. The largest absolute Gasteiger partial charge is 0.380 e. The maximum absolute atomic E-state index is 12.4. The molecular weight excluding hydrogens is 284 g/mol. The van der Waals surface area contributed by atoms with Gasteiger partial charge in [-0.3, -0.25) is 4.79 Å². The van der Waals surface area contributed by atoms with Crippen molar-refractivity contribution in [2.45, 2.75) is 32.0 Å². The predicted molar refractivity (Wildman–Crippen MR) is 77.6 cm³/mol. The summed E-state index contributed by atoms with van der Waals surface area (Å²) in [6.07, 6.45) is 0.889. The molecular formula is C13H19ClN2O2S. The van der Waals surface area contributed by atoms with Gasteiger partial charge in [-0.05, 0) is 25.5 Å². The number of ether oxygens (including phenoxy) is 1. The molecule has 1 fully saturated rings. The lowest BCUT2D eigenvalue weighted by Crippen LogP contribution is -2.43. The van der Waals surface area contributed by atoms with E-state index in [2.05, 4.69) is 5.32 Å². The molecule has 0 radical (unpaired) electrons. The molecule has 19 heavy (non-hydrogen) atoms. The Morgan fingerprint density at radius 1 is 1.63 bits per heavy atom. The second-order valence-corrected chi connectivity index (χ2v) is 6.41. The molecule has 106 valence electrons. The molecule has 2 rings (SSSR count). The Morgan fingerprint density at radius 2 is 2.42 bits per heavy atom. The summed E-state index contributed by atoms with van der Waals surface area (Å²) in [5, 5.41) is 3.22. The summed E-state index contributed by atoms with van der Waals surface area (Å²) in [5.74, 6) is 0.145. The number of hydrogen-bond acceptors (Lipinski definition) is 4. The standard InChI is InChI=1S/C13H19ClN2O2S/c1-3-16(8-10-4-5-12(14)19-10)13(17)11-6-9(18-2)7-15-11/h4-5,9,11,15H,3,6-8H2,1-2H3. The van der Waals surface area contributed by atoms with Gasteiger partial charge in [-0.25, -0.2) is 0 Å². The monoisotopic (exact) mass is 302 g/mol. The first kappa shape index (κ1) is 14.8. The third-order valence-electron chi connectivity index (χ3n) is 3.39. The van der Waals surface area contributed by atoms with Crippen LogP contribution in [-0.2, 0) is 16.1 Å². The molecule has 0 bridgehead atoms. The molecule has 1 aromatic heterocycles. The Hall–Kier alpha value is -0.620. The van der Waals surface area contributed by atoms with Crippen LogP contribution in [0.1, 0.15) is 18.2 Å². The molecule has 2 unspecified atom stereocenters. The average Bonchev–Trinajstić information content (AvgIpc) is 3.04. The van der Waals surface area contributed by atoms with Crippen molar-refractivity contribution in [3.8, 4) is 0 Å². The average molecular weight is 303 g/mol. The van der Waals surface area contributed by atoms with Crippen molar-refractivity contribution in [3.63, 3.8) is 0 Å². The number of halogens is 1. The van der Waals surface area contributed by atoms with Crippen LogP contribution in [0.4, 0.5) is 0 Å². The molecule has 0 saturated carbocycles. The Labute approximate surface area is 122 Å². The number of thiophene rings is 1. The van der Waals surface area contributed by atoms with Crippen molar-refractivity contribution in [2.24, 2.45) is 0 Å². The highest BCUT2D eigenvalue weighted by Crippen LogP contribution is 2.23. The fraction of sp³-hybridized carbons (Fsp3) is 0.615. The molecule has 1 saturated heterocycles. The van der Waals surface area contributed by atoms with E-state index in [0.29, 0.717) is 13.1 Å². The van der Waals surface area contributed by atoms with Gasteiger partial charge in [0.15, 0.2) is 0 Å². The van der Waals surface area contributed by atoms with Gasteiger partial charge in [-0.1, -0.05) is 11.6 Å². The van der Waals surface area contributed by atoms with E-state index in [1.807, 2.05) is 24.0 Å². The molecule has 0 aliphatic carbocycles. The highest BCUT2D eigenvalue weighted by Gasteiger charge is 2.31. The summed E-state index contributed by atoms with van der Waals surface area (Å²) in [7, 11) is 1.68. The van der Waals surface area contributed by atoms with Crippen LogP contribution in [0.25, 0.3) is 0 Å². The number of nitrogens with one attached hydrogen (secondary N) is 1. The number of methoxy groups -OCH3 is 1. The molecule has 1 amide bonds. The van der Waals surface area contributed by atoms with Gasteiger partial charge in [0.25, 0.3) is 0 Å². The topological polar surface area (TPSA) is 41.6 Å². The lowest BCUT2D eigenvalue weighted by molar-refractivity contribution is -0.133. The molecule has 1 N–H and O–H groups in total. The van der Waals surface area contributed by atoms with Gasteiger partial charge >= 0.3 is 0 Å². The van der Waals surface area contributed by atoms with Crippen LogP contribution in [0, 0.1) is 0 Å². The lowest BCUT2D eigenvalue weighted by Gasteiger charge is -2.23. The minimum absolute atomic E-state index is 0.125. The molecule has 1 aliphatic heterocycles. The van der Waals surface area contributed by atoms with Gasteiger partial charge in [-0.15, -0.1) is 11.3 Å². The first-order valence-electron chi connectivity index (χ1n) is 6.43. The Kier molecular flexibility index (Phi) is 5.21. The molecule has 2 heterocycles. The van der Waals surface area contributed by atoms with Gasteiger partial charge < -0.3 is 15.0 Å². The minimum Gasteiger partial charge on any atom is -0.380 e. The van der Waals surface area contributed by atoms with E-state index in [9.17, 15) is 4.79 Å². The first-order chi connectivity index (χ1) is 9.13. The van der Waals surface area contributed by atoms with Gasteiger partial charge in [0, 0.05) is 25.1 Å². The van der Waals surface area contributed by atoms with E-state index >= 15 is 0 Å². The van der Waals surface area contributed by atoms with Crippen LogP contribution in [0.15, 0.2) is 12.1 Å². The summed E-state index contributed by atoms with van der Waals surface area (Å²) in [6.45, 7) is 4.07. The summed E-state index contributed by atoms with van der Waals surface area (Å²) in [4.78, 5) is 15.4. The molecule has 4 nitrogen and oxygen atoms in total. The normalized spacial score (nSPS) is 22.7. The van der Waals surface area contributed by atoms with E-state index in [0.717, 1.165) is 22.2 Å². The molecule has 0 aromatic carbocycles. The summed E-state index contributed by atoms with van der Waals surface area (Å²) in [6, 6.07) is 3.72. The number of carbonyl (C=O) groups excluding carboxylic acids is 1. The van der Waals surface area contributed by atoms with Crippen LogP contribution >= 0.6 is 22.9 Å². The number of rotatable bonds is 5. The summed E-state index contributed by atoms with van der Waals surface area (Å²) in [5.41, 5.74) is 0. The Morgan fingerprint density at radius 3 is 2.95 bits per heavy atom. The third-order valence-corrected chi connectivity index (χ3v) is 4.61. The van der Waals surface area contributed by atoms with E-state index in [1.165, 1.54) is 11.3 Å². The van der Waals surface area contributed by atoms with E-state index < -0.39 is 0 Å². The summed E-state index contributed by atoms with van der Waals surface area (Å²) >= 11 is 7.44. The van der Waals surface area contributed by atoms with Crippen molar-refractivity contribution < 1.29 is 9.53 Å². The zero-order valence-electron chi connectivity index (χ0n) is 11.2. The molecule has 1 aliphatic rings. The first-order valence-corrected chi connectivity index (χ1v) is 7.62. The minimum atomic E-state index is -0.125. The van der Waals surface area contributed by atoms with Crippen molar-refractivity contribution >= 4 is 28.8 Å². The van der Waals surface area contributed by atoms with Crippen LogP contribution in [0.5, 0.6) is 0 Å². The van der Waals surface area contributed by atoms with Gasteiger partial charge in [-0.2, -0.15) is 0 Å². The number of hydrogen-bond donors (Lipinski definition) is 1. The van der Waals surface area contributed by atoms with Gasteiger partial charge in [0.1, 0.15) is 0 Å².